The van der Waals surface area contributed by atoms with Crippen LogP contribution in [0.25, 0.3) is 22.2 Å². The fraction of sp³-hybridized carbons (Fsp3) is 0.167. The standard InChI is InChI=1S/C18H16ClNO2/c1-3-20-16(12-4-7-14(22-2)8-5-12)11-18(21)15-9-6-13(19)10-17(15)20/h4-11H,3H2,1-2H3. The van der Waals surface area contributed by atoms with E-state index < -0.39 is 0 Å². The Balaban J connectivity index is 2.30. The van der Waals surface area contributed by atoms with Gasteiger partial charge in [-0.2, -0.15) is 0 Å². The third-order valence-electron chi connectivity index (χ3n) is 3.78. The van der Waals surface area contributed by atoms with Gasteiger partial charge in [0.2, 0.25) is 0 Å². The summed E-state index contributed by atoms with van der Waals surface area (Å²) in [5, 5.41) is 1.31. The van der Waals surface area contributed by atoms with Gasteiger partial charge in [-0.05, 0) is 55.0 Å². The van der Waals surface area contributed by atoms with Crippen LogP contribution >= 0.6 is 11.6 Å². The average molecular weight is 314 g/mol. The van der Waals surface area contributed by atoms with Crippen LogP contribution in [0.5, 0.6) is 5.75 Å². The van der Waals surface area contributed by atoms with Crippen molar-refractivity contribution in [3.8, 4) is 17.0 Å². The molecule has 0 unspecified atom stereocenters. The molecule has 0 N–H and O–H groups in total. The fourth-order valence-electron chi connectivity index (χ4n) is 2.69. The molecule has 3 rings (SSSR count). The molecule has 0 aliphatic heterocycles. The highest BCUT2D eigenvalue weighted by Gasteiger charge is 2.10. The molecule has 1 heterocycles. The minimum absolute atomic E-state index is 0.00202. The first-order valence-corrected chi connectivity index (χ1v) is 7.49. The van der Waals surface area contributed by atoms with E-state index in [2.05, 4.69) is 11.5 Å². The highest BCUT2D eigenvalue weighted by molar-refractivity contribution is 6.31. The number of aryl methyl sites for hydroxylation is 1. The third-order valence-corrected chi connectivity index (χ3v) is 4.01. The number of hydrogen-bond donors (Lipinski definition) is 0. The summed E-state index contributed by atoms with van der Waals surface area (Å²) >= 11 is 6.11. The van der Waals surface area contributed by atoms with Crippen LogP contribution in [0.15, 0.2) is 53.3 Å². The number of rotatable bonds is 3. The first-order valence-electron chi connectivity index (χ1n) is 7.11. The van der Waals surface area contributed by atoms with E-state index in [-0.39, 0.29) is 5.43 Å². The van der Waals surface area contributed by atoms with E-state index in [0.29, 0.717) is 10.4 Å². The Morgan fingerprint density at radius 1 is 1.09 bits per heavy atom. The van der Waals surface area contributed by atoms with E-state index in [0.717, 1.165) is 29.1 Å². The van der Waals surface area contributed by atoms with Gasteiger partial charge in [-0.25, -0.2) is 0 Å². The molecular formula is C18H16ClNO2. The third kappa shape index (κ3) is 2.48. The van der Waals surface area contributed by atoms with Crippen LogP contribution in [0.3, 0.4) is 0 Å². The number of hydrogen-bond acceptors (Lipinski definition) is 2. The second-order valence-electron chi connectivity index (χ2n) is 5.03. The number of benzene rings is 2. The van der Waals surface area contributed by atoms with Crippen molar-refractivity contribution in [3.05, 3.63) is 63.8 Å². The van der Waals surface area contributed by atoms with Crippen molar-refractivity contribution in [3.63, 3.8) is 0 Å². The van der Waals surface area contributed by atoms with Gasteiger partial charge in [0.25, 0.3) is 0 Å². The van der Waals surface area contributed by atoms with E-state index in [9.17, 15) is 4.79 Å². The lowest BCUT2D eigenvalue weighted by atomic mass is 10.1. The highest BCUT2D eigenvalue weighted by Crippen LogP contribution is 2.26. The van der Waals surface area contributed by atoms with Crippen molar-refractivity contribution in [2.24, 2.45) is 0 Å². The van der Waals surface area contributed by atoms with E-state index in [1.54, 1.807) is 25.3 Å². The minimum atomic E-state index is 0.00202. The quantitative estimate of drug-likeness (QED) is 0.720. The predicted molar refractivity (Wildman–Crippen MR) is 90.9 cm³/mol. The Morgan fingerprint density at radius 2 is 1.82 bits per heavy atom. The van der Waals surface area contributed by atoms with Crippen LogP contribution in [0, 0.1) is 0 Å². The number of nitrogens with zero attached hydrogens (tertiary/aromatic N) is 1. The molecule has 3 aromatic rings. The van der Waals surface area contributed by atoms with Gasteiger partial charge >= 0.3 is 0 Å². The maximum absolute atomic E-state index is 12.4. The van der Waals surface area contributed by atoms with Crippen molar-refractivity contribution in [1.29, 1.82) is 0 Å². The van der Waals surface area contributed by atoms with Crippen molar-refractivity contribution in [1.82, 2.24) is 4.57 Å². The Labute approximate surface area is 133 Å². The summed E-state index contributed by atoms with van der Waals surface area (Å²) in [7, 11) is 1.63. The molecule has 0 aliphatic rings. The second kappa shape index (κ2) is 5.85. The summed E-state index contributed by atoms with van der Waals surface area (Å²) in [6.07, 6.45) is 0. The van der Waals surface area contributed by atoms with Gasteiger partial charge in [0.05, 0.1) is 18.3 Å². The summed E-state index contributed by atoms with van der Waals surface area (Å²) < 4.78 is 7.29. The summed E-state index contributed by atoms with van der Waals surface area (Å²) in [5.74, 6) is 0.790. The maximum Gasteiger partial charge on any atom is 0.190 e. The van der Waals surface area contributed by atoms with Crippen LogP contribution < -0.4 is 10.2 Å². The van der Waals surface area contributed by atoms with E-state index in [4.69, 9.17) is 16.3 Å². The van der Waals surface area contributed by atoms with Crippen LogP contribution in [-0.4, -0.2) is 11.7 Å². The molecule has 2 aromatic carbocycles. The monoisotopic (exact) mass is 313 g/mol. The Bertz CT molecular complexity index is 882. The Hall–Kier alpha value is -2.26. The SMILES string of the molecule is CCn1c(-c2ccc(OC)cc2)cc(=O)c2ccc(Cl)cc21. The number of aromatic nitrogens is 1. The number of halogens is 1. The maximum atomic E-state index is 12.4. The average Bonchev–Trinajstić information content (AvgIpc) is 2.54. The van der Waals surface area contributed by atoms with Gasteiger partial charge in [0.15, 0.2) is 5.43 Å². The van der Waals surface area contributed by atoms with Crippen LogP contribution in [0.4, 0.5) is 0 Å². The summed E-state index contributed by atoms with van der Waals surface area (Å²) in [5.41, 5.74) is 2.71. The molecule has 1 aromatic heterocycles. The van der Waals surface area contributed by atoms with Gasteiger partial charge in [0.1, 0.15) is 5.75 Å². The fourth-order valence-corrected chi connectivity index (χ4v) is 2.85. The lowest BCUT2D eigenvalue weighted by molar-refractivity contribution is 0.415. The molecule has 0 saturated carbocycles. The second-order valence-corrected chi connectivity index (χ2v) is 5.46. The molecule has 0 saturated heterocycles. The Morgan fingerprint density at radius 3 is 2.45 bits per heavy atom. The Kier molecular flexibility index (Phi) is 3.90. The van der Waals surface area contributed by atoms with Gasteiger partial charge in [0, 0.05) is 23.0 Å². The summed E-state index contributed by atoms with van der Waals surface area (Å²) in [6, 6.07) is 14.7. The zero-order valence-corrected chi connectivity index (χ0v) is 13.2. The first-order chi connectivity index (χ1) is 10.6. The molecule has 112 valence electrons. The minimum Gasteiger partial charge on any atom is -0.497 e. The van der Waals surface area contributed by atoms with Gasteiger partial charge in [-0.15, -0.1) is 0 Å². The zero-order valence-electron chi connectivity index (χ0n) is 12.5. The van der Waals surface area contributed by atoms with Crippen LogP contribution in [0.2, 0.25) is 5.02 Å². The molecule has 4 heteroatoms. The van der Waals surface area contributed by atoms with Crippen molar-refractivity contribution < 1.29 is 4.74 Å². The molecule has 0 spiro atoms. The molecule has 3 nitrogen and oxygen atoms in total. The van der Waals surface area contributed by atoms with Gasteiger partial charge in [-0.3, -0.25) is 4.79 Å². The number of pyridine rings is 1. The molecule has 0 atom stereocenters. The zero-order chi connectivity index (χ0) is 15.7. The largest absolute Gasteiger partial charge is 0.497 e. The topological polar surface area (TPSA) is 31.2 Å². The number of ether oxygens (including phenoxy) is 1. The first kappa shape index (κ1) is 14.7. The molecule has 0 bridgehead atoms. The van der Waals surface area contributed by atoms with Crippen molar-refractivity contribution >= 4 is 22.5 Å². The molecular weight excluding hydrogens is 298 g/mol. The van der Waals surface area contributed by atoms with Crippen LogP contribution in [-0.2, 0) is 6.54 Å². The number of fused-ring (bicyclic) bond motifs is 1. The molecule has 0 fully saturated rings. The molecule has 0 radical (unpaired) electrons. The van der Waals surface area contributed by atoms with Crippen molar-refractivity contribution in [2.45, 2.75) is 13.5 Å². The molecule has 0 amide bonds. The smallest absolute Gasteiger partial charge is 0.190 e. The van der Waals surface area contributed by atoms with E-state index in [1.807, 2.05) is 30.3 Å². The highest BCUT2D eigenvalue weighted by atomic mass is 35.5. The normalized spacial score (nSPS) is 10.9. The lowest BCUT2D eigenvalue weighted by Crippen LogP contribution is -2.11. The predicted octanol–water partition coefficient (Wildman–Crippen LogP) is 4.35. The summed E-state index contributed by atoms with van der Waals surface area (Å²) in [6.45, 7) is 2.80. The molecule has 22 heavy (non-hydrogen) atoms. The van der Waals surface area contributed by atoms with E-state index in [1.165, 1.54) is 0 Å². The lowest BCUT2D eigenvalue weighted by Gasteiger charge is -2.16. The van der Waals surface area contributed by atoms with Crippen LogP contribution in [0.1, 0.15) is 6.92 Å². The number of methoxy groups -OCH3 is 1. The van der Waals surface area contributed by atoms with Gasteiger partial charge < -0.3 is 9.30 Å². The van der Waals surface area contributed by atoms with Gasteiger partial charge in [-0.1, -0.05) is 11.6 Å². The van der Waals surface area contributed by atoms with Crippen molar-refractivity contribution in [2.75, 3.05) is 7.11 Å². The molecule has 0 aliphatic carbocycles. The van der Waals surface area contributed by atoms with E-state index >= 15 is 0 Å². The summed E-state index contributed by atoms with van der Waals surface area (Å²) in [4.78, 5) is 12.4.